The highest BCUT2D eigenvalue weighted by Crippen LogP contribution is 2.33. The molecule has 0 unspecified atom stereocenters. The Labute approximate surface area is 170 Å². The van der Waals surface area contributed by atoms with E-state index >= 15 is 0 Å². The Bertz CT molecular complexity index is 1040. The van der Waals surface area contributed by atoms with Crippen molar-refractivity contribution in [2.24, 2.45) is 5.92 Å². The van der Waals surface area contributed by atoms with Gasteiger partial charge in [0.25, 0.3) is 0 Å². The zero-order valence-corrected chi connectivity index (χ0v) is 16.4. The van der Waals surface area contributed by atoms with E-state index in [1.54, 1.807) is 10.9 Å². The standard InChI is InChI=1S/C19H20ClF3N6/c1-10(11-3-2-4-11)26-17-15-16(27-18(20)28-17)25-9-29(15)8-12-5-6-13(7-14(12)24)19(21,22)23/h5-7,9-11H,2-4,8,24H2,1H3,(H,26,27,28)/t10-/m1/s1. The van der Waals surface area contributed by atoms with Gasteiger partial charge >= 0.3 is 6.18 Å². The number of benzene rings is 1. The summed E-state index contributed by atoms with van der Waals surface area (Å²) in [5.41, 5.74) is 6.77. The van der Waals surface area contributed by atoms with Gasteiger partial charge in [0, 0.05) is 11.7 Å². The second kappa shape index (κ2) is 7.37. The second-order valence-electron chi connectivity index (χ2n) is 7.42. The zero-order valence-electron chi connectivity index (χ0n) is 15.7. The first-order chi connectivity index (χ1) is 13.7. The van der Waals surface area contributed by atoms with Crippen LogP contribution in [0.4, 0.5) is 24.7 Å². The Kier molecular flexibility index (Phi) is 5.02. The first-order valence-electron chi connectivity index (χ1n) is 9.33. The highest BCUT2D eigenvalue weighted by Gasteiger charge is 2.31. The minimum atomic E-state index is -4.44. The maximum absolute atomic E-state index is 12.9. The lowest BCUT2D eigenvalue weighted by Gasteiger charge is -2.32. The molecule has 0 radical (unpaired) electrons. The molecule has 154 valence electrons. The lowest BCUT2D eigenvalue weighted by atomic mass is 9.80. The molecule has 1 aliphatic carbocycles. The first-order valence-corrected chi connectivity index (χ1v) is 9.70. The molecular formula is C19H20ClF3N6. The molecule has 3 aromatic rings. The van der Waals surface area contributed by atoms with E-state index in [0.29, 0.717) is 28.5 Å². The van der Waals surface area contributed by atoms with Gasteiger partial charge < -0.3 is 15.6 Å². The van der Waals surface area contributed by atoms with Crippen molar-refractivity contribution in [3.8, 4) is 0 Å². The molecular weight excluding hydrogens is 405 g/mol. The van der Waals surface area contributed by atoms with Crippen LogP contribution in [0.3, 0.4) is 0 Å². The van der Waals surface area contributed by atoms with E-state index in [-0.39, 0.29) is 23.6 Å². The number of rotatable bonds is 5. The van der Waals surface area contributed by atoms with Crippen molar-refractivity contribution in [3.63, 3.8) is 0 Å². The van der Waals surface area contributed by atoms with Crippen LogP contribution in [0, 0.1) is 5.92 Å². The van der Waals surface area contributed by atoms with Crippen LogP contribution < -0.4 is 11.1 Å². The van der Waals surface area contributed by atoms with Crippen molar-refractivity contribution in [3.05, 3.63) is 40.9 Å². The van der Waals surface area contributed by atoms with Crippen LogP contribution in [0.5, 0.6) is 0 Å². The van der Waals surface area contributed by atoms with Crippen molar-refractivity contribution < 1.29 is 13.2 Å². The SMILES string of the molecule is C[C@@H](Nc1nc(Cl)nc2ncn(Cc3ccc(C(F)(F)F)cc3N)c12)C1CCC1. The fraction of sp³-hybridized carbons (Fsp3) is 0.421. The summed E-state index contributed by atoms with van der Waals surface area (Å²) in [6, 6.07) is 3.55. The van der Waals surface area contributed by atoms with Gasteiger partial charge in [-0.15, -0.1) is 0 Å². The summed E-state index contributed by atoms with van der Waals surface area (Å²) in [7, 11) is 0. The summed E-state index contributed by atoms with van der Waals surface area (Å²) in [6.07, 6.45) is 0.677. The molecule has 0 aliphatic heterocycles. The molecule has 0 amide bonds. The largest absolute Gasteiger partial charge is 0.416 e. The van der Waals surface area contributed by atoms with E-state index in [0.717, 1.165) is 25.0 Å². The maximum Gasteiger partial charge on any atom is 0.416 e. The van der Waals surface area contributed by atoms with Gasteiger partial charge in [-0.3, -0.25) is 0 Å². The van der Waals surface area contributed by atoms with Crippen molar-refractivity contribution in [2.45, 2.75) is 44.9 Å². The monoisotopic (exact) mass is 424 g/mol. The van der Waals surface area contributed by atoms with Gasteiger partial charge in [-0.05, 0) is 55.0 Å². The highest BCUT2D eigenvalue weighted by molar-refractivity contribution is 6.28. The molecule has 3 N–H and O–H groups in total. The molecule has 2 heterocycles. The van der Waals surface area contributed by atoms with Gasteiger partial charge in [-0.1, -0.05) is 12.5 Å². The van der Waals surface area contributed by atoms with Crippen LogP contribution in [0.25, 0.3) is 11.2 Å². The van der Waals surface area contributed by atoms with Gasteiger partial charge in [0.1, 0.15) is 5.52 Å². The predicted octanol–water partition coefficient (Wildman–Crippen LogP) is 4.73. The average molecular weight is 425 g/mol. The quantitative estimate of drug-likeness (QED) is 0.457. The number of imidazole rings is 1. The van der Waals surface area contributed by atoms with Crippen LogP contribution in [0.2, 0.25) is 5.28 Å². The van der Waals surface area contributed by atoms with Crippen molar-refractivity contribution in [1.82, 2.24) is 19.5 Å². The van der Waals surface area contributed by atoms with Crippen molar-refractivity contribution >= 4 is 34.3 Å². The van der Waals surface area contributed by atoms with Crippen molar-refractivity contribution in [2.75, 3.05) is 11.1 Å². The molecule has 1 saturated carbocycles. The van der Waals surface area contributed by atoms with Gasteiger partial charge in [-0.2, -0.15) is 23.1 Å². The maximum atomic E-state index is 12.9. The molecule has 10 heteroatoms. The smallest absolute Gasteiger partial charge is 0.398 e. The molecule has 0 spiro atoms. The predicted molar refractivity (Wildman–Crippen MR) is 106 cm³/mol. The molecule has 6 nitrogen and oxygen atoms in total. The second-order valence-corrected chi connectivity index (χ2v) is 7.76. The third-order valence-electron chi connectivity index (χ3n) is 5.48. The number of nitrogens with two attached hydrogens (primary N) is 1. The number of nitrogens with zero attached hydrogens (tertiary/aromatic N) is 4. The van der Waals surface area contributed by atoms with Crippen LogP contribution in [0.1, 0.15) is 37.3 Å². The van der Waals surface area contributed by atoms with E-state index in [2.05, 4.69) is 27.2 Å². The lowest BCUT2D eigenvalue weighted by Crippen LogP contribution is -2.31. The number of fused-ring (bicyclic) bond motifs is 1. The number of anilines is 2. The summed E-state index contributed by atoms with van der Waals surface area (Å²) in [4.78, 5) is 12.8. The Hall–Kier alpha value is -2.55. The molecule has 2 aromatic heterocycles. The summed E-state index contributed by atoms with van der Waals surface area (Å²) in [6.45, 7) is 2.33. The highest BCUT2D eigenvalue weighted by atomic mass is 35.5. The van der Waals surface area contributed by atoms with Crippen LogP contribution in [0.15, 0.2) is 24.5 Å². The van der Waals surface area contributed by atoms with E-state index < -0.39 is 11.7 Å². The molecule has 0 bridgehead atoms. The fourth-order valence-electron chi connectivity index (χ4n) is 3.55. The van der Waals surface area contributed by atoms with Crippen LogP contribution >= 0.6 is 11.6 Å². The topological polar surface area (TPSA) is 81.7 Å². The van der Waals surface area contributed by atoms with Crippen molar-refractivity contribution in [1.29, 1.82) is 0 Å². The average Bonchev–Trinajstić information content (AvgIpc) is 2.96. The van der Waals surface area contributed by atoms with Gasteiger partial charge in [0.2, 0.25) is 5.28 Å². The zero-order chi connectivity index (χ0) is 20.8. The van der Waals surface area contributed by atoms with Crippen LogP contribution in [-0.2, 0) is 12.7 Å². The summed E-state index contributed by atoms with van der Waals surface area (Å²) >= 11 is 6.05. The van der Waals surface area contributed by atoms with Gasteiger partial charge in [-0.25, -0.2) is 4.98 Å². The fourth-order valence-corrected chi connectivity index (χ4v) is 3.71. The number of hydrogen-bond donors (Lipinski definition) is 2. The molecule has 29 heavy (non-hydrogen) atoms. The Morgan fingerprint density at radius 3 is 2.69 bits per heavy atom. The Balaban J connectivity index is 1.67. The Morgan fingerprint density at radius 2 is 2.07 bits per heavy atom. The molecule has 1 atom stereocenters. The number of hydrogen-bond acceptors (Lipinski definition) is 5. The molecule has 1 aromatic carbocycles. The van der Waals surface area contributed by atoms with Crippen LogP contribution in [-0.4, -0.2) is 25.6 Å². The third kappa shape index (κ3) is 3.96. The molecule has 1 aliphatic rings. The third-order valence-corrected chi connectivity index (χ3v) is 5.65. The summed E-state index contributed by atoms with van der Waals surface area (Å²) in [5, 5.41) is 3.49. The molecule has 4 rings (SSSR count). The van der Waals surface area contributed by atoms with Gasteiger partial charge in [0.15, 0.2) is 11.5 Å². The number of alkyl halides is 3. The lowest BCUT2D eigenvalue weighted by molar-refractivity contribution is -0.137. The number of aromatic nitrogens is 4. The summed E-state index contributed by atoms with van der Waals surface area (Å²) < 4.78 is 40.4. The number of nitrogens with one attached hydrogen (secondary N) is 1. The number of nitrogen functional groups attached to an aromatic ring is 1. The molecule has 0 saturated heterocycles. The van der Waals surface area contributed by atoms with E-state index in [9.17, 15) is 13.2 Å². The Morgan fingerprint density at radius 1 is 1.31 bits per heavy atom. The van der Waals surface area contributed by atoms with Gasteiger partial charge in [0.05, 0.1) is 18.4 Å². The minimum absolute atomic E-state index is 0.0638. The normalized spacial score (nSPS) is 16.0. The molecule has 1 fully saturated rings. The summed E-state index contributed by atoms with van der Waals surface area (Å²) in [5.74, 6) is 1.13. The number of halogens is 4. The minimum Gasteiger partial charge on any atom is -0.398 e. The first kappa shape index (κ1) is 19.8. The van der Waals surface area contributed by atoms with E-state index in [1.807, 2.05) is 0 Å². The van der Waals surface area contributed by atoms with E-state index in [1.165, 1.54) is 12.5 Å². The van der Waals surface area contributed by atoms with E-state index in [4.69, 9.17) is 17.3 Å².